The van der Waals surface area contributed by atoms with E-state index in [-0.39, 0.29) is 11.6 Å². The second kappa shape index (κ2) is 5.79. The molecule has 5 nitrogen and oxygen atoms in total. The lowest BCUT2D eigenvalue weighted by atomic mass is 10.4. The van der Waals surface area contributed by atoms with Crippen LogP contribution in [0.4, 0.5) is 5.82 Å². The van der Waals surface area contributed by atoms with Crippen LogP contribution in [-0.2, 0) is 6.54 Å². The Labute approximate surface area is 113 Å². The fourth-order valence-electron chi connectivity index (χ4n) is 1.28. The van der Waals surface area contributed by atoms with Crippen LogP contribution in [-0.4, -0.2) is 22.9 Å². The van der Waals surface area contributed by atoms with Gasteiger partial charge in [-0.2, -0.15) is 0 Å². The highest BCUT2D eigenvalue weighted by molar-refractivity contribution is 7.16. The van der Waals surface area contributed by atoms with Crippen LogP contribution in [0.5, 0.6) is 0 Å². The predicted octanol–water partition coefficient (Wildman–Crippen LogP) is 2.16. The Bertz CT molecular complexity index is 540. The first-order valence-corrected chi connectivity index (χ1v) is 6.40. The van der Waals surface area contributed by atoms with Gasteiger partial charge >= 0.3 is 0 Å². The third-order valence-corrected chi connectivity index (χ3v) is 3.42. The van der Waals surface area contributed by atoms with E-state index in [1.807, 2.05) is 6.07 Å². The number of carbonyl (C=O) groups excluding carboxylic acids is 1. The first kappa shape index (κ1) is 12.8. The summed E-state index contributed by atoms with van der Waals surface area (Å²) in [5.41, 5.74) is 0.289. The Hall–Kier alpha value is -1.66. The summed E-state index contributed by atoms with van der Waals surface area (Å²) in [6.45, 7) is 0.436. The highest BCUT2D eigenvalue weighted by Gasteiger charge is 2.08. The number of aromatic nitrogens is 2. The number of carbonyl (C=O) groups is 1. The largest absolute Gasteiger partial charge is 0.372 e. The average molecular weight is 283 g/mol. The zero-order valence-electron chi connectivity index (χ0n) is 9.61. The van der Waals surface area contributed by atoms with Gasteiger partial charge in [0.15, 0.2) is 0 Å². The van der Waals surface area contributed by atoms with E-state index in [4.69, 9.17) is 11.6 Å². The highest BCUT2D eigenvalue weighted by Crippen LogP contribution is 2.21. The summed E-state index contributed by atoms with van der Waals surface area (Å²) in [6.07, 6.45) is 2.94. The minimum Gasteiger partial charge on any atom is -0.372 e. The highest BCUT2D eigenvalue weighted by atomic mass is 35.5. The third-order valence-electron chi connectivity index (χ3n) is 2.19. The minimum absolute atomic E-state index is 0.255. The van der Waals surface area contributed by atoms with E-state index in [0.717, 1.165) is 4.88 Å². The van der Waals surface area contributed by atoms with Crippen molar-refractivity contribution < 1.29 is 4.79 Å². The van der Waals surface area contributed by atoms with Crippen LogP contribution in [0.1, 0.15) is 15.4 Å². The second-order valence-electron chi connectivity index (χ2n) is 3.43. The first-order chi connectivity index (χ1) is 8.69. The number of nitrogens with one attached hydrogen (secondary N) is 2. The zero-order valence-corrected chi connectivity index (χ0v) is 11.2. The Balaban J connectivity index is 1.94. The lowest BCUT2D eigenvalue weighted by Crippen LogP contribution is -2.23. The van der Waals surface area contributed by atoms with Crippen LogP contribution < -0.4 is 10.6 Å². The Kier molecular flexibility index (Phi) is 4.11. The van der Waals surface area contributed by atoms with Crippen LogP contribution in [0, 0.1) is 0 Å². The molecule has 2 rings (SSSR count). The third kappa shape index (κ3) is 3.18. The van der Waals surface area contributed by atoms with Gasteiger partial charge in [0.1, 0.15) is 11.5 Å². The molecule has 0 saturated heterocycles. The standard InChI is InChI=1S/C11H11ClN4OS/c1-13-10-6-14-8(5-15-10)11(17)16-4-7-2-3-9(12)18-7/h2-3,5-6H,4H2,1H3,(H,13,15)(H,16,17). The van der Waals surface area contributed by atoms with Crippen molar-refractivity contribution in [2.45, 2.75) is 6.54 Å². The Morgan fingerprint density at radius 2 is 2.22 bits per heavy atom. The summed E-state index contributed by atoms with van der Waals surface area (Å²) in [6, 6.07) is 3.68. The zero-order chi connectivity index (χ0) is 13.0. The number of amides is 1. The number of thiophene rings is 1. The summed E-state index contributed by atoms with van der Waals surface area (Å²) >= 11 is 7.24. The van der Waals surface area contributed by atoms with E-state index in [0.29, 0.717) is 16.7 Å². The normalized spacial score (nSPS) is 10.1. The number of nitrogens with zero attached hydrogens (tertiary/aromatic N) is 2. The smallest absolute Gasteiger partial charge is 0.271 e. The van der Waals surface area contributed by atoms with Gasteiger partial charge in [-0.15, -0.1) is 11.3 Å². The minimum atomic E-state index is -0.255. The molecule has 0 aliphatic heterocycles. The Morgan fingerprint density at radius 1 is 1.39 bits per heavy atom. The van der Waals surface area contributed by atoms with Crippen LogP contribution >= 0.6 is 22.9 Å². The summed E-state index contributed by atoms with van der Waals surface area (Å²) in [5.74, 6) is 0.367. The van der Waals surface area contributed by atoms with Crippen molar-refractivity contribution in [1.29, 1.82) is 0 Å². The summed E-state index contributed by atoms with van der Waals surface area (Å²) in [7, 11) is 1.74. The first-order valence-electron chi connectivity index (χ1n) is 5.21. The van der Waals surface area contributed by atoms with Crippen molar-refractivity contribution in [3.63, 3.8) is 0 Å². The number of hydrogen-bond donors (Lipinski definition) is 2. The molecule has 1 amide bonds. The van der Waals surface area contributed by atoms with E-state index >= 15 is 0 Å². The molecular weight excluding hydrogens is 272 g/mol. The second-order valence-corrected chi connectivity index (χ2v) is 5.23. The molecule has 0 atom stereocenters. The van der Waals surface area contributed by atoms with Crippen molar-refractivity contribution in [1.82, 2.24) is 15.3 Å². The number of halogens is 1. The van der Waals surface area contributed by atoms with Gasteiger partial charge < -0.3 is 10.6 Å². The molecule has 94 valence electrons. The van der Waals surface area contributed by atoms with E-state index < -0.39 is 0 Å². The van der Waals surface area contributed by atoms with Gasteiger partial charge in [-0.05, 0) is 12.1 Å². The van der Waals surface area contributed by atoms with Crippen LogP contribution in [0.15, 0.2) is 24.5 Å². The lowest BCUT2D eigenvalue weighted by Gasteiger charge is -2.03. The molecule has 0 aliphatic carbocycles. The summed E-state index contributed by atoms with van der Waals surface area (Å²) in [5, 5.41) is 5.59. The van der Waals surface area contributed by atoms with Crippen LogP contribution in [0.3, 0.4) is 0 Å². The van der Waals surface area contributed by atoms with Crippen molar-refractivity contribution in [2.75, 3.05) is 12.4 Å². The molecule has 0 radical (unpaired) electrons. The summed E-state index contributed by atoms with van der Waals surface area (Å²) in [4.78, 5) is 20.8. The van der Waals surface area contributed by atoms with Crippen molar-refractivity contribution in [2.24, 2.45) is 0 Å². The topological polar surface area (TPSA) is 66.9 Å². The van der Waals surface area contributed by atoms with Crippen molar-refractivity contribution in [3.8, 4) is 0 Å². The molecule has 2 aromatic rings. The maximum atomic E-state index is 11.8. The van der Waals surface area contributed by atoms with E-state index in [9.17, 15) is 4.79 Å². The van der Waals surface area contributed by atoms with Gasteiger partial charge in [0.25, 0.3) is 5.91 Å². The lowest BCUT2D eigenvalue weighted by molar-refractivity contribution is 0.0946. The van der Waals surface area contributed by atoms with Crippen molar-refractivity contribution >= 4 is 34.7 Å². The molecule has 0 unspecified atom stereocenters. The molecule has 18 heavy (non-hydrogen) atoms. The van der Waals surface area contributed by atoms with Crippen LogP contribution in [0.25, 0.3) is 0 Å². The molecule has 2 N–H and O–H groups in total. The van der Waals surface area contributed by atoms with Crippen molar-refractivity contribution in [3.05, 3.63) is 39.4 Å². The molecular formula is C11H11ClN4OS. The van der Waals surface area contributed by atoms with Gasteiger partial charge in [-0.1, -0.05) is 11.6 Å². The summed E-state index contributed by atoms with van der Waals surface area (Å²) < 4.78 is 0.706. The van der Waals surface area contributed by atoms with Gasteiger partial charge in [0.2, 0.25) is 0 Å². The molecule has 0 spiro atoms. The van der Waals surface area contributed by atoms with E-state index in [2.05, 4.69) is 20.6 Å². The fraction of sp³-hybridized carbons (Fsp3) is 0.182. The van der Waals surface area contributed by atoms with Gasteiger partial charge in [0, 0.05) is 11.9 Å². The van der Waals surface area contributed by atoms with Gasteiger partial charge in [-0.25, -0.2) is 9.97 Å². The predicted molar refractivity (Wildman–Crippen MR) is 72.1 cm³/mol. The maximum Gasteiger partial charge on any atom is 0.271 e. The fourth-order valence-corrected chi connectivity index (χ4v) is 2.31. The van der Waals surface area contributed by atoms with Gasteiger partial charge in [0.05, 0.1) is 23.3 Å². The number of rotatable bonds is 4. The SMILES string of the molecule is CNc1cnc(C(=O)NCc2ccc(Cl)s2)cn1. The molecule has 2 heterocycles. The average Bonchev–Trinajstić information content (AvgIpc) is 2.82. The quantitative estimate of drug-likeness (QED) is 0.902. The molecule has 0 fully saturated rings. The molecule has 0 bridgehead atoms. The monoisotopic (exact) mass is 282 g/mol. The maximum absolute atomic E-state index is 11.8. The van der Waals surface area contributed by atoms with E-state index in [1.165, 1.54) is 23.7 Å². The number of hydrogen-bond acceptors (Lipinski definition) is 5. The van der Waals surface area contributed by atoms with Crippen LogP contribution in [0.2, 0.25) is 4.34 Å². The molecule has 0 saturated carbocycles. The number of anilines is 1. The molecule has 0 aliphatic rings. The Morgan fingerprint density at radius 3 is 2.78 bits per heavy atom. The molecule has 0 aromatic carbocycles. The molecule has 2 aromatic heterocycles. The van der Waals surface area contributed by atoms with E-state index in [1.54, 1.807) is 13.1 Å². The van der Waals surface area contributed by atoms with Gasteiger partial charge in [-0.3, -0.25) is 4.79 Å². The molecule has 7 heteroatoms.